The van der Waals surface area contributed by atoms with E-state index in [0.717, 1.165) is 33.8 Å². The molecule has 0 atom stereocenters. The number of ether oxygens (including phenoxy) is 1. The van der Waals surface area contributed by atoms with Crippen LogP contribution in [0.1, 0.15) is 12.5 Å². The molecule has 0 aliphatic carbocycles. The minimum absolute atomic E-state index is 0.215. The van der Waals surface area contributed by atoms with Gasteiger partial charge in [0.25, 0.3) is 5.56 Å². The Kier molecular flexibility index (Phi) is 5.59. The highest BCUT2D eigenvalue weighted by Gasteiger charge is 2.15. The molecule has 6 aromatic rings. The zero-order valence-electron chi connectivity index (χ0n) is 19.3. The van der Waals surface area contributed by atoms with Gasteiger partial charge in [0.15, 0.2) is 5.82 Å². The van der Waals surface area contributed by atoms with Crippen LogP contribution in [0.25, 0.3) is 39.4 Å². The highest BCUT2D eigenvalue weighted by molar-refractivity contribution is 7.15. The fraction of sp³-hybridized carbons (Fsp3) is 0.0741. The van der Waals surface area contributed by atoms with E-state index in [4.69, 9.17) is 9.84 Å². The fourth-order valence-electron chi connectivity index (χ4n) is 3.90. The van der Waals surface area contributed by atoms with Crippen molar-refractivity contribution in [1.82, 2.24) is 29.4 Å². The van der Waals surface area contributed by atoms with Crippen molar-refractivity contribution < 1.29 is 4.74 Å². The topological polar surface area (TPSA) is 87.2 Å². The number of hydrogen-bond acceptors (Lipinski definition) is 7. The number of rotatable bonds is 6. The average molecular weight is 493 g/mol. The average Bonchev–Trinajstić information content (AvgIpc) is 3.61. The molecule has 0 unspecified atom stereocenters. The van der Waals surface area contributed by atoms with Gasteiger partial charge in [0.2, 0.25) is 4.96 Å². The molecule has 4 heterocycles. The van der Waals surface area contributed by atoms with E-state index in [-0.39, 0.29) is 5.56 Å². The standard InChI is InChI=1S/C27H20N6O2S/c1-2-35-22-10-8-18(9-11-22)24-20(17-32(30-24)21-6-4-3-5-7-21)16-23-26(34)33-27(36-23)29-25(31-33)19-12-14-28-15-13-19/h3-17H,2H2,1H3/b23-16-. The maximum Gasteiger partial charge on any atom is 0.291 e. The van der Waals surface area contributed by atoms with Crippen LogP contribution >= 0.6 is 11.3 Å². The van der Waals surface area contributed by atoms with Crippen LogP contribution in [-0.4, -0.2) is 36.0 Å². The number of nitrogens with zero attached hydrogens (tertiary/aromatic N) is 6. The molecule has 0 N–H and O–H groups in total. The highest BCUT2D eigenvalue weighted by atomic mass is 32.1. The highest BCUT2D eigenvalue weighted by Crippen LogP contribution is 2.26. The minimum atomic E-state index is -0.215. The SMILES string of the molecule is CCOc1ccc(-c2nn(-c3ccccc3)cc2/C=c2\sc3nc(-c4ccncc4)nn3c2=O)cc1. The second kappa shape index (κ2) is 9.20. The van der Waals surface area contributed by atoms with Crippen molar-refractivity contribution in [2.24, 2.45) is 0 Å². The molecule has 36 heavy (non-hydrogen) atoms. The molecule has 0 aliphatic rings. The van der Waals surface area contributed by atoms with E-state index in [0.29, 0.717) is 21.9 Å². The summed E-state index contributed by atoms with van der Waals surface area (Å²) < 4.78 is 9.29. The lowest BCUT2D eigenvalue weighted by Gasteiger charge is -2.04. The van der Waals surface area contributed by atoms with Gasteiger partial charge in [-0.05, 0) is 61.5 Å². The molecule has 6 rings (SSSR count). The zero-order valence-corrected chi connectivity index (χ0v) is 20.1. The molecule has 4 aromatic heterocycles. The lowest BCUT2D eigenvalue weighted by Crippen LogP contribution is -2.23. The second-order valence-corrected chi connectivity index (χ2v) is 8.96. The van der Waals surface area contributed by atoms with Crippen molar-refractivity contribution in [1.29, 1.82) is 0 Å². The van der Waals surface area contributed by atoms with Crippen molar-refractivity contribution in [3.8, 4) is 34.1 Å². The molecule has 176 valence electrons. The Morgan fingerprint density at radius 3 is 2.44 bits per heavy atom. The predicted molar refractivity (Wildman–Crippen MR) is 139 cm³/mol. The first-order valence-electron chi connectivity index (χ1n) is 11.4. The summed E-state index contributed by atoms with van der Waals surface area (Å²) in [6.45, 7) is 2.56. The van der Waals surface area contributed by atoms with E-state index >= 15 is 0 Å². The van der Waals surface area contributed by atoms with Gasteiger partial charge in [-0.15, -0.1) is 5.10 Å². The van der Waals surface area contributed by atoms with Gasteiger partial charge in [-0.2, -0.15) is 14.6 Å². The molecular formula is C27H20N6O2S. The second-order valence-electron chi connectivity index (χ2n) is 7.95. The molecule has 8 nitrogen and oxygen atoms in total. The van der Waals surface area contributed by atoms with E-state index in [1.165, 1.54) is 15.9 Å². The quantitative estimate of drug-likeness (QED) is 0.349. The van der Waals surface area contributed by atoms with Crippen molar-refractivity contribution in [3.05, 3.63) is 106 Å². The molecule has 0 fully saturated rings. The van der Waals surface area contributed by atoms with Gasteiger partial charge in [0.1, 0.15) is 11.4 Å². The lowest BCUT2D eigenvalue weighted by atomic mass is 10.1. The van der Waals surface area contributed by atoms with Crippen LogP contribution in [-0.2, 0) is 0 Å². The summed E-state index contributed by atoms with van der Waals surface area (Å²) in [5.74, 6) is 1.30. The van der Waals surface area contributed by atoms with Gasteiger partial charge in [-0.1, -0.05) is 29.5 Å². The smallest absolute Gasteiger partial charge is 0.291 e. The normalized spacial score (nSPS) is 11.9. The molecule has 0 bridgehead atoms. The van der Waals surface area contributed by atoms with Crippen molar-refractivity contribution >= 4 is 22.4 Å². The maximum absolute atomic E-state index is 13.2. The van der Waals surface area contributed by atoms with E-state index in [9.17, 15) is 4.79 Å². The van der Waals surface area contributed by atoms with Crippen molar-refractivity contribution in [2.75, 3.05) is 6.61 Å². The number of thiazole rings is 1. The van der Waals surface area contributed by atoms with Crippen LogP contribution < -0.4 is 14.8 Å². The van der Waals surface area contributed by atoms with Gasteiger partial charge >= 0.3 is 0 Å². The Morgan fingerprint density at radius 2 is 1.72 bits per heavy atom. The molecular weight excluding hydrogens is 472 g/mol. The minimum Gasteiger partial charge on any atom is -0.494 e. The van der Waals surface area contributed by atoms with E-state index in [1.807, 2.05) is 90.6 Å². The summed E-state index contributed by atoms with van der Waals surface area (Å²) >= 11 is 1.30. The van der Waals surface area contributed by atoms with Crippen LogP contribution in [0.2, 0.25) is 0 Å². The first kappa shape index (κ1) is 21.9. The zero-order chi connectivity index (χ0) is 24.5. The number of benzene rings is 2. The van der Waals surface area contributed by atoms with Crippen LogP contribution in [0.5, 0.6) is 5.75 Å². The molecule has 0 saturated heterocycles. The Balaban J connectivity index is 1.47. The maximum atomic E-state index is 13.2. The fourth-order valence-corrected chi connectivity index (χ4v) is 4.80. The summed E-state index contributed by atoms with van der Waals surface area (Å²) in [7, 11) is 0. The van der Waals surface area contributed by atoms with Gasteiger partial charge in [0.05, 0.1) is 16.8 Å². The summed E-state index contributed by atoms with van der Waals surface area (Å²) in [5, 5.41) is 9.28. The van der Waals surface area contributed by atoms with Crippen LogP contribution in [0, 0.1) is 0 Å². The molecule has 0 saturated carbocycles. The molecule has 0 radical (unpaired) electrons. The Hall–Kier alpha value is -4.63. The van der Waals surface area contributed by atoms with Gasteiger partial charge < -0.3 is 4.74 Å². The molecule has 0 spiro atoms. The first-order chi connectivity index (χ1) is 17.7. The molecule has 9 heteroatoms. The van der Waals surface area contributed by atoms with Gasteiger partial charge in [-0.25, -0.2) is 4.68 Å². The predicted octanol–water partition coefficient (Wildman–Crippen LogP) is 4.01. The van der Waals surface area contributed by atoms with Crippen LogP contribution in [0.4, 0.5) is 0 Å². The Bertz CT molecular complexity index is 1760. The van der Waals surface area contributed by atoms with Crippen LogP contribution in [0.3, 0.4) is 0 Å². The summed E-state index contributed by atoms with van der Waals surface area (Å²) in [6, 6.07) is 21.3. The molecule has 0 aliphatic heterocycles. The number of para-hydroxylation sites is 1. The third-order valence-electron chi connectivity index (χ3n) is 5.61. The van der Waals surface area contributed by atoms with Gasteiger partial charge in [0, 0.05) is 35.3 Å². The van der Waals surface area contributed by atoms with Crippen molar-refractivity contribution in [2.45, 2.75) is 6.92 Å². The van der Waals surface area contributed by atoms with Crippen LogP contribution in [0.15, 0.2) is 90.1 Å². The lowest BCUT2D eigenvalue weighted by molar-refractivity contribution is 0.340. The largest absolute Gasteiger partial charge is 0.494 e. The molecule has 0 amide bonds. The van der Waals surface area contributed by atoms with Crippen molar-refractivity contribution in [3.63, 3.8) is 0 Å². The number of fused-ring (bicyclic) bond motifs is 1. The van der Waals surface area contributed by atoms with Gasteiger partial charge in [-0.3, -0.25) is 9.78 Å². The van der Waals surface area contributed by atoms with E-state index in [2.05, 4.69) is 15.1 Å². The first-order valence-corrected chi connectivity index (χ1v) is 12.2. The third-order valence-corrected chi connectivity index (χ3v) is 6.57. The Morgan fingerprint density at radius 1 is 0.944 bits per heavy atom. The monoisotopic (exact) mass is 492 g/mol. The third kappa shape index (κ3) is 4.05. The number of hydrogen-bond donors (Lipinski definition) is 0. The summed E-state index contributed by atoms with van der Waals surface area (Å²) in [5.41, 5.74) is 4.03. The number of aromatic nitrogens is 6. The molecule has 2 aromatic carbocycles. The number of pyridine rings is 1. The van der Waals surface area contributed by atoms with E-state index < -0.39 is 0 Å². The van der Waals surface area contributed by atoms with E-state index in [1.54, 1.807) is 12.4 Å². The summed E-state index contributed by atoms with van der Waals surface area (Å²) in [6.07, 6.45) is 7.13. The Labute approximate surface area is 209 Å². The summed E-state index contributed by atoms with van der Waals surface area (Å²) in [4.78, 5) is 22.3.